The molecule has 1 aromatic carbocycles. The van der Waals surface area contributed by atoms with Gasteiger partial charge in [-0.25, -0.2) is 0 Å². The standard InChI is InChI=1S/C14H19NO/c15-13-3-1-2-12(14(13)11-4-5-11)10-6-8-16-9-7-10/h1-3,10-11H,4-9,15H2. The number of ether oxygens (including phenoxy) is 1. The van der Waals surface area contributed by atoms with E-state index in [4.69, 9.17) is 10.5 Å². The maximum Gasteiger partial charge on any atom is 0.0471 e. The van der Waals surface area contributed by atoms with Crippen molar-refractivity contribution >= 4 is 5.69 Å². The van der Waals surface area contributed by atoms with Crippen LogP contribution >= 0.6 is 0 Å². The molecule has 0 bridgehead atoms. The molecule has 2 aliphatic rings. The fourth-order valence-corrected chi connectivity index (χ4v) is 2.81. The Bertz CT molecular complexity index is 378. The lowest BCUT2D eigenvalue weighted by Gasteiger charge is -2.25. The zero-order chi connectivity index (χ0) is 11.0. The average Bonchev–Trinajstić information content (AvgIpc) is 3.14. The van der Waals surface area contributed by atoms with E-state index in [0.29, 0.717) is 5.92 Å². The van der Waals surface area contributed by atoms with Crippen LogP contribution in [0, 0.1) is 0 Å². The van der Waals surface area contributed by atoms with Crippen LogP contribution in [0.25, 0.3) is 0 Å². The highest BCUT2D eigenvalue weighted by Crippen LogP contribution is 2.47. The van der Waals surface area contributed by atoms with E-state index in [-0.39, 0.29) is 0 Å². The molecule has 2 N–H and O–H groups in total. The Morgan fingerprint density at radius 2 is 1.75 bits per heavy atom. The molecule has 0 amide bonds. The molecule has 1 heterocycles. The lowest BCUT2D eigenvalue weighted by atomic mass is 9.86. The van der Waals surface area contributed by atoms with Gasteiger partial charge < -0.3 is 10.5 Å². The first kappa shape index (κ1) is 10.2. The van der Waals surface area contributed by atoms with Crippen molar-refractivity contribution < 1.29 is 4.74 Å². The first-order valence-corrected chi connectivity index (χ1v) is 6.32. The molecule has 3 rings (SSSR count). The van der Waals surface area contributed by atoms with Gasteiger partial charge in [0.1, 0.15) is 0 Å². The summed E-state index contributed by atoms with van der Waals surface area (Å²) < 4.78 is 5.44. The number of hydrogen-bond donors (Lipinski definition) is 1. The van der Waals surface area contributed by atoms with E-state index in [0.717, 1.165) is 37.7 Å². The Balaban J connectivity index is 1.95. The Morgan fingerprint density at radius 3 is 2.44 bits per heavy atom. The van der Waals surface area contributed by atoms with E-state index in [9.17, 15) is 0 Å². The van der Waals surface area contributed by atoms with Gasteiger partial charge in [0.15, 0.2) is 0 Å². The number of nitrogen functional groups attached to an aromatic ring is 1. The minimum absolute atomic E-state index is 0.674. The van der Waals surface area contributed by atoms with Crippen molar-refractivity contribution in [3.63, 3.8) is 0 Å². The molecule has 0 unspecified atom stereocenters. The van der Waals surface area contributed by atoms with Crippen molar-refractivity contribution in [2.24, 2.45) is 0 Å². The van der Waals surface area contributed by atoms with Gasteiger partial charge >= 0.3 is 0 Å². The normalized spacial score (nSPS) is 22.2. The van der Waals surface area contributed by atoms with Gasteiger partial charge in [-0.3, -0.25) is 0 Å². The van der Waals surface area contributed by atoms with Gasteiger partial charge in [0, 0.05) is 18.9 Å². The van der Waals surface area contributed by atoms with Crippen molar-refractivity contribution in [2.45, 2.75) is 37.5 Å². The molecule has 0 radical (unpaired) electrons. The Morgan fingerprint density at radius 1 is 1.00 bits per heavy atom. The van der Waals surface area contributed by atoms with Crippen molar-refractivity contribution in [3.8, 4) is 0 Å². The van der Waals surface area contributed by atoms with E-state index >= 15 is 0 Å². The molecule has 1 aliphatic heterocycles. The molecule has 0 spiro atoms. The third-order valence-electron chi connectivity index (χ3n) is 3.82. The van der Waals surface area contributed by atoms with E-state index in [2.05, 4.69) is 18.2 Å². The molecule has 2 nitrogen and oxygen atoms in total. The van der Waals surface area contributed by atoms with Crippen LogP contribution in [0.2, 0.25) is 0 Å². The minimum Gasteiger partial charge on any atom is -0.398 e. The summed E-state index contributed by atoms with van der Waals surface area (Å²) in [5, 5.41) is 0. The van der Waals surface area contributed by atoms with Gasteiger partial charge in [-0.15, -0.1) is 0 Å². The third kappa shape index (κ3) is 1.82. The lowest BCUT2D eigenvalue weighted by molar-refractivity contribution is 0.0852. The Hall–Kier alpha value is -1.02. The maximum absolute atomic E-state index is 6.14. The molecule has 2 fully saturated rings. The van der Waals surface area contributed by atoms with Gasteiger partial charge in [0.25, 0.3) is 0 Å². The van der Waals surface area contributed by atoms with E-state index in [1.807, 2.05) is 0 Å². The van der Waals surface area contributed by atoms with Crippen LogP contribution in [0.3, 0.4) is 0 Å². The largest absolute Gasteiger partial charge is 0.398 e. The summed E-state index contributed by atoms with van der Waals surface area (Å²) >= 11 is 0. The van der Waals surface area contributed by atoms with Crippen molar-refractivity contribution in [1.29, 1.82) is 0 Å². The monoisotopic (exact) mass is 217 g/mol. The number of rotatable bonds is 2. The fourth-order valence-electron chi connectivity index (χ4n) is 2.81. The van der Waals surface area contributed by atoms with Gasteiger partial charge in [0.2, 0.25) is 0 Å². The van der Waals surface area contributed by atoms with Crippen LogP contribution in [0.1, 0.15) is 48.6 Å². The average molecular weight is 217 g/mol. The summed E-state index contributed by atoms with van der Waals surface area (Å²) in [6.07, 6.45) is 4.96. The first-order valence-electron chi connectivity index (χ1n) is 6.32. The summed E-state index contributed by atoms with van der Waals surface area (Å²) in [7, 11) is 0. The summed E-state index contributed by atoms with van der Waals surface area (Å²) in [5.74, 6) is 1.42. The number of anilines is 1. The van der Waals surface area contributed by atoms with E-state index < -0.39 is 0 Å². The predicted octanol–water partition coefficient (Wildman–Crippen LogP) is 3.04. The van der Waals surface area contributed by atoms with Crippen molar-refractivity contribution in [3.05, 3.63) is 29.3 Å². The Kier molecular flexibility index (Phi) is 2.60. The number of nitrogens with two attached hydrogens (primary N) is 1. The molecular formula is C14H19NO. The van der Waals surface area contributed by atoms with Crippen LogP contribution in [0.15, 0.2) is 18.2 Å². The van der Waals surface area contributed by atoms with Gasteiger partial charge in [0.05, 0.1) is 0 Å². The molecule has 1 aliphatic carbocycles. The minimum atomic E-state index is 0.674. The molecule has 1 aromatic rings. The molecule has 0 aromatic heterocycles. The van der Waals surface area contributed by atoms with Crippen molar-refractivity contribution in [1.82, 2.24) is 0 Å². The molecule has 16 heavy (non-hydrogen) atoms. The highest BCUT2D eigenvalue weighted by Gasteiger charge is 2.30. The van der Waals surface area contributed by atoms with Crippen LogP contribution in [0.5, 0.6) is 0 Å². The molecule has 2 heteroatoms. The number of benzene rings is 1. The molecule has 0 atom stereocenters. The summed E-state index contributed by atoms with van der Waals surface area (Å²) in [6.45, 7) is 1.81. The summed E-state index contributed by atoms with van der Waals surface area (Å²) in [6, 6.07) is 6.43. The van der Waals surface area contributed by atoms with Gasteiger partial charge in [-0.1, -0.05) is 12.1 Å². The third-order valence-corrected chi connectivity index (χ3v) is 3.82. The van der Waals surface area contributed by atoms with Crippen LogP contribution in [0.4, 0.5) is 5.69 Å². The second-order valence-corrected chi connectivity index (χ2v) is 5.01. The Labute approximate surface area is 96.8 Å². The van der Waals surface area contributed by atoms with Crippen molar-refractivity contribution in [2.75, 3.05) is 18.9 Å². The highest BCUT2D eigenvalue weighted by molar-refractivity contribution is 5.55. The topological polar surface area (TPSA) is 35.2 Å². The first-order chi connectivity index (χ1) is 7.86. The van der Waals surface area contributed by atoms with E-state index in [1.54, 1.807) is 0 Å². The summed E-state index contributed by atoms with van der Waals surface area (Å²) in [5.41, 5.74) is 10.1. The molecule has 1 saturated heterocycles. The second-order valence-electron chi connectivity index (χ2n) is 5.01. The smallest absolute Gasteiger partial charge is 0.0471 e. The molecule has 86 valence electrons. The fraction of sp³-hybridized carbons (Fsp3) is 0.571. The predicted molar refractivity (Wildman–Crippen MR) is 65.6 cm³/mol. The maximum atomic E-state index is 6.14. The summed E-state index contributed by atoms with van der Waals surface area (Å²) in [4.78, 5) is 0. The van der Waals surface area contributed by atoms with Crippen LogP contribution < -0.4 is 5.73 Å². The quantitative estimate of drug-likeness (QED) is 0.773. The lowest BCUT2D eigenvalue weighted by Crippen LogP contribution is -2.15. The molecule has 1 saturated carbocycles. The number of hydrogen-bond acceptors (Lipinski definition) is 2. The molecular weight excluding hydrogens is 198 g/mol. The zero-order valence-electron chi connectivity index (χ0n) is 9.61. The SMILES string of the molecule is Nc1cccc(C2CCOCC2)c1C1CC1. The highest BCUT2D eigenvalue weighted by atomic mass is 16.5. The zero-order valence-corrected chi connectivity index (χ0v) is 9.61. The van der Waals surface area contributed by atoms with Crippen LogP contribution in [-0.4, -0.2) is 13.2 Å². The van der Waals surface area contributed by atoms with E-state index in [1.165, 1.54) is 24.0 Å². The van der Waals surface area contributed by atoms with Crippen LogP contribution in [-0.2, 0) is 4.74 Å². The second kappa shape index (κ2) is 4.10. The van der Waals surface area contributed by atoms with Gasteiger partial charge in [-0.05, 0) is 54.7 Å². The van der Waals surface area contributed by atoms with Gasteiger partial charge in [-0.2, -0.15) is 0 Å².